The molecule has 0 aromatic carbocycles. The average molecular weight is 284 g/mol. The summed E-state index contributed by atoms with van der Waals surface area (Å²) in [7, 11) is 0. The lowest BCUT2D eigenvalue weighted by atomic mass is 9.96. The number of piperazine rings is 1. The summed E-state index contributed by atoms with van der Waals surface area (Å²) < 4.78 is 0. The van der Waals surface area contributed by atoms with Gasteiger partial charge in [-0.3, -0.25) is 9.79 Å². The zero-order chi connectivity index (χ0) is 15.3. The molecule has 1 aliphatic heterocycles. The molecule has 0 aliphatic carbocycles. The number of aliphatic imine (C=N–C) groups is 1. The predicted octanol–water partition coefficient (Wildman–Crippen LogP) is 0.275. The van der Waals surface area contributed by atoms with Crippen LogP contribution in [-0.4, -0.2) is 71.1 Å². The van der Waals surface area contributed by atoms with Crippen molar-refractivity contribution in [3.05, 3.63) is 0 Å². The Morgan fingerprint density at radius 1 is 1.50 bits per heavy atom. The van der Waals surface area contributed by atoms with Gasteiger partial charge in [-0.2, -0.15) is 0 Å². The van der Waals surface area contributed by atoms with E-state index < -0.39 is 0 Å². The summed E-state index contributed by atoms with van der Waals surface area (Å²) in [5.41, 5.74) is -0.237. The Kier molecular flexibility index (Phi) is 5.80. The lowest BCUT2D eigenvalue weighted by molar-refractivity contribution is -0.145. The van der Waals surface area contributed by atoms with Gasteiger partial charge >= 0.3 is 0 Å². The summed E-state index contributed by atoms with van der Waals surface area (Å²) in [5.74, 6) is 0.817. The number of nitrogens with one attached hydrogen (secondary N) is 1. The van der Waals surface area contributed by atoms with E-state index in [9.17, 15) is 4.79 Å². The van der Waals surface area contributed by atoms with Crippen LogP contribution in [0.1, 0.15) is 34.6 Å². The van der Waals surface area contributed by atoms with Crippen LogP contribution < -0.4 is 5.32 Å². The molecule has 0 aromatic rings. The second-order valence-corrected chi connectivity index (χ2v) is 5.99. The first-order chi connectivity index (χ1) is 9.33. The number of amides is 1. The predicted molar refractivity (Wildman–Crippen MR) is 80.7 cm³/mol. The van der Waals surface area contributed by atoms with Crippen LogP contribution >= 0.6 is 0 Å². The third-order valence-electron chi connectivity index (χ3n) is 3.34. The van der Waals surface area contributed by atoms with E-state index in [2.05, 4.69) is 24.2 Å². The van der Waals surface area contributed by atoms with Crippen molar-refractivity contribution < 1.29 is 9.90 Å². The van der Waals surface area contributed by atoms with Crippen molar-refractivity contribution in [2.75, 3.05) is 32.8 Å². The van der Waals surface area contributed by atoms with Crippen molar-refractivity contribution in [2.45, 2.75) is 46.2 Å². The molecule has 1 rings (SSSR count). The maximum atomic E-state index is 12.4. The fourth-order valence-corrected chi connectivity index (χ4v) is 2.89. The van der Waals surface area contributed by atoms with E-state index in [0.29, 0.717) is 19.0 Å². The van der Waals surface area contributed by atoms with Crippen molar-refractivity contribution in [2.24, 2.45) is 4.99 Å². The third kappa shape index (κ3) is 3.85. The zero-order valence-corrected chi connectivity index (χ0v) is 13.3. The maximum Gasteiger partial charge on any atom is 0.242 e. The first kappa shape index (κ1) is 16.8. The van der Waals surface area contributed by atoms with Crippen molar-refractivity contribution in [1.82, 2.24) is 15.1 Å². The van der Waals surface area contributed by atoms with Gasteiger partial charge in [0.2, 0.25) is 5.91 Å². The van der Waals surface area contributed by atoms with Gasteiger partial charge < -0.3 is 20.2 Å². The van der Waals surface area contributed by atoms with E-state index in [0.717, 1.165) is 13.1 Å². The number of hydrogen-bond donors (Lipinski definition) is 2. The SMILES string of the molecule is CCNC(=NCCO)N1CC(=O)N(C(C)C)C(C)(C)C1. The maximum absolute atomic E-state index is 12.4. The first-order valence-electron chi connectivity index (χ1n) is 7.29. The van der Waals surface area contributed by atoms with E-state index in [4.69, 9.17) is 5.11 Å². The molecule has 0 spiro atoms. The van der Waals surface area contributed by atoms with Gasteiger partial charge in [0, 0.05) is 19.1 Å². The molecule has 0 aromatic heterocycles. The van der Waals surface area contributed by atoms with Gasteiger partial charge in [-0.1, -0.05) is 0 Å². The molecule has 6 nitrogen and oxygen atoms in total. The van der Waals surface area contributed by atoms with Crippen LogP contribution in [0.2, 0.25) is 0 Å². The van der Waals surface area contributed by atoms with Crippen LogP contribution in [0.5, 0.6) is 0 Å². The van der Waals surface area contributed by atoms with Gasteiger partial charge in [0.05, 0.1) is 25.2 Å². The highest BCUT2D eigenvalue weighted by molar-refractivity contribution is 5.88. The fraction of sp³-hybridized carbons (Fsp3) is 0.857. The van der Waals surface area contributed by atoms with E-state index in [1.165, 1.54) is 0 Å². The highest BCUT2D eigenvalue weighted by atomic mass is 16.3. The van der Waals surface area contributed by atoms with Crippen LogP contribution in [-0.2, 0) is 4.79 Å². The second kappa shape index (κ2) is 6.92. The molecular weight excluding hydrogens is 256 g/mol. The van der Waals surface area contributed by atoms with Crippen molar-refractivity contribution >= 4 is 11.9 Å². The summed E-state index contributed by atoms with van der Waals surface area (Å²) in [6.07, 6.45) is 0. The number of carbonyl (C=O) groups is 1. The molecule has 6 heteroatoms. The molecule has 1 amide bonds. The lowest BCUT2D eigenvalue weighted by Crippen LogP contribution is -2.66. The summed E-state index contributed by atoms with van der Waals surface area (Å²) in [5, 5.41) is 12.1. The minimum absolute atomic E-state index is 0.0121. The second-order valence-electron chi connectivity index (χ2n) is 5.99. The quantitative estimate of drug-likeness (QED) is 0.574. The number of carbonyl (C=O) groups excluding carboxylic acids is 1. The van der Waals surface area contributed by atoms with Crippen LogP contribution in [0.4, 0.5) is 0 Å². The van der Waals surface area contributed by atoms with Crippen LogP contribution in [0.25, 0.3) is 0 Å². The number of rotatable bonds is 4. The van der Waals surface area contributed by atoms with E-state index in [-0.39, 0.29) is 24.1 Å². The Morgan fingerprint density at radius 3 is 2.60 bits per heavy atom. The summed E-state index contributed by atoms with van der Waals surface area (Å²) in [6.45, 7) is 12.4. The van der Waals surface area contributed by atoms with E-state index >= 15 is 0 Å². The Labute approximate surface area is 121 Å². The topological polar surface area (TPSA) is 68.2 Å². The Hall–Kier alpha value is -1.30. The minimum Gasteiger partial charge on any atom is -0.394 e. The van der Waals surface area contributed by atoms with Gasteiger partial charge in [0.15, 0.2) is 5.96 Å². The molecule has 0 saturated carbocycles. The molecule has 1 heterocycles. The van der Waals surface area contributed by atoms with Crippen LogP contribution in [0.15, 0.2) is 4.99 Å². The standard InChI is InChI=1S/C14H28N4O2/c1-6-15-13(16-7-8-19)17-9-12(20)18(11(2)3)14(4,5)10-17/h11,19H,6-10H2,1-5H3,(H,15,16). The minimum atomic E-state index is -0.237. The molecule has 116 valence electrons. The van der Waals surface area contributed by atoms with Crippen molar-refractivity contribution in [1.29, 1.82) is 0 Å². The summed E-state index contributed by atoms with van der Waals surface area (Å²) in [4.78, 5) is 20.6. The summed E-state index contributed by atoms with van der Waals surface area (Å²) >= 11 is 0. The Balaban J connectivity index is 2.91. The van der Waals surface area contributed by atoms with Crippen molar-refractivity contribution in [3.63, 3.8) is 0 Å². The number of aliphatic hydroxyl groups excluding tert-OH is 1. The molecule has 0 unspecified atom stereocenters. The molecular formula is C14H28N4O2. The first-order valence-corrected chi connectivity index (χ1v) is 7.29. The van der Waals surface area contributed by atoms with Gasteiger partial charge in [0.1, 0.15) is 0 Å². The molecule has 1 saturated heterocycles. The van der Waals surface area contributed by atoms with E-state index in [1.54, 1.807) is 0 Å². The van der Waals surface area contributed by atoms with Gasteiger partial charge in [-0.05, 0) is 34.6 Å². The molecule has 0 bridgehead atoms. The van der Waals surface area contributed by atoms with Crippen LogP contribution in [0.3, 0.4) is 0 Å². The van der Waals surface area contributed by atoms with Gasteiger partial charge in [-0.15, -0.1) is 0 Å². The number of guanidine groups is 1. The molecule has 2 N–H and O–H groups in total. The fourth-order valence-electron chi connectivity index (χ4n) is 2.89. The molecule has 1 aliphatic rings. The third-order valence-corrected chi connectivity index (χ3v) is 3.34. The molecule has 1 fully saturated rings. The Bertz CT molecular complexity index is 366. The highest BCUT2D eigenvalue weighted by Gasteiger charge is 2.40. The lowest BCUT2D eigenvalue weighted by Gasteiger charge is -2.49. The van der Waals surface area contributed by atoms with Crippen LogP contribution in [0, 0.1) is 0 Å². The van der Waals surface area contributed by atoms with E-state index in [1.807, 2.05) is 30.6 Å². The smallest absolute Gasteiger partial charge is 0.242 e. The number of aliphatic hydroxyl groups is 1. The van der Waals surface area contributed by atoms with Crippen molar-refractivity contribution in [3.8, 4) is 0 Å². The Morgan fingerprint density at radius 2 is 2.15 bits per heavy atom. The molecule has 0 atom stereocenters. The van der Waals surface area contributed by atoms with Gasteiger partial charge in [-0.25, -0.2) is 0 Å². The zero-order valence-electron chi connectivity index (χ0n) is 13.3. The highest BCUT2D eigenvalue weighted by Crippen LogP contribution is 2.24. The number of hydrogen-bond acceptors (Lipinski definition) is 3. The molecule has 0 radical (unpaired) electrons. The molecule has 20 heavy (non-hydrogen) atoms. The largest absolute Gasteiger partial charge is 0.394 e. The summed E-state index contributed by atoms with van der Waals surface area (Å²) in [6, 6.07) is 0.191. The van der Waals surface area contributed by atoms with Gasteiger partial charge in [0.25, 0.3) is 0 Å². The normalized spacial score (nSPS) is 19.8. The average Bonchev–Trinajstić information content (AvgIpc) is 2.31. The number of nitrogens with zero attached hydrogens (tertiary/aromatic N) is 3. The monoisotopic (exact) mass is 284 g/mol.